The predicted molar refractivity (Wildman–Crippen MR) is 56.5 cm³/mol. The fourth-order valence-corrected chi connectivity index (χ4v) is 0.853. The van der Waals surface area contributed by atoms with Crippen molar-refractivity contribution in [1.82, 2.24) is 0 Å². The van der Waals surface area contributed by atoms with Crippen LogP contribution in [0.5, 0.6) is 0 Å². The lowest BCUT2D eigenvalue weighted by atomic mass is 10.2. The van der Waals surface area contributed by atoms with Crippen molar-refractivity contribution >= 4 is 17.3 Å². The average molecular weight is 197 g/mol. The fraction of sp³-hybridized carbons (Fsp3) is 0.300. The minimum atomic E-state index is 0.405. The molecule has 1 aromatic carbocycles. The maximum absolute atomic E-state index is 8.43. The van der Waals surface area contributed by atoms with Crippen LogP contribution in [0.2, 0.25) is 5.02 Å². The highest BCUT2D eigenvalue weighted by Crippen LogP contribution is 2.17. The molecule has 0 atom stereocenters. The highest BCUT2D eigenvalue weighted by Gasteiger charge is 1.96. The molecule has 0 saturated carbocycles. The van der Waals surface area contributed by atoms with Gasteiger partial charge in [-0.25, -0.2) is 0 Å². The molecular formula is C10H13ClN2. The van der Waals surface area contributed by atoms with Gasteiger partial charge in [-0.05, 0) is 18.2 Å². The Labute approximate surface area is 83.9 Å². The summed E-state index contributed by atoms with van der Waals surface area (Å²) in [5.41, 5.74) is 6.42. The molecule has 0 spiro atoms. The van der Waals surface area contributed by atoms with Crippen molar-refractivity contribution in [2.75, 3.05) is 5.73 Å². The maximum atomic E-state index is 8.43. The Morgan fingerprint density at radius 2 is 2.00 bits per heavy atom. The highest BCUT2D eigenvalue weighted by atomic mass is 35.5. The fourth-order valence-electron chi connectivity index (χ4n) is 0.622. The quantitative estimate of drug-likeness (QED) is 0.648. The summed E-state index contributed by atoms with van der Waals surface area (Å²) in [4.78, 5) is 0. The van der Waals surface area contributed by atoms with Crippen LogP contribution in [0.4, 0.5) is 5.69 Å². The van der Waals surface area contributed by atoms with Crippen LogP contribution in [0.15, 0.2) is 18.2 Å². The third kappa shape index (κ3) is 4.39. The Bertz CT molecular complexity index is 302. The van der Waals surface area contributed by atoms with Crippen molar-refractivity contribution in [2.24, 2.45) is 0 Å². The van der Waals surface area contributed by atoms with Crippen LogP contribution in [-0.4, -0.2) is 0 Å². The second-order valence-electron chi connectivity index (χ2n) is 2.56. The van der Waals surface area contributed by atoms with E-state index in [1.807, 2.05) is 6.07 Å². The van der Waals surface area contributed by atoms with E-state index in [0.717, 1.165) is 0 Å². The zero-order chi connectivity index (χ0) is 10.3. The van der Waals surface area contributed by atoms with Gasteiger partial charge in [0, 0.05) is 5.69 Å². The molecule has 70 valence electrons. The van der Waals surface area contributed by atoms with Crippen molar-refractivity contribution in [3.05, 3.63) is 28.8 Å². The number of hydrogen-bond acceptors (Lipinski definition) is 2. The number of nitrogen functional groups attached to an aromatic ring is 1. The van der Waals surface area contributed by atoms with E-state index < -0.39 is 0 Å². The summed E-state index contributed by atoms with van der Waals surface area (Å²) < 4.78 is 0. The Kier molecular flexibility index (Phi) is 5.75. The molecular weight excluding hydrogens is 184 g/mol. The number of rotatable bonds is 0. The second kappa shape index (κ2) is 6.33. The molecule has 0 unspecified atom stereocenters. The van der Waals surface area contributed by atoms with Crippen LogP contribution in [0.3, 0.4) is 0 Å². The SMILES string of the molecule is CCC.N#Cc1ccc(N)cc1Cl. The Morgan fingerprint density at radius 3 is 2.38 bits per heavy atom. The number of nitrogens with two attached hydrogens (primary N) is 1. The van der Waals surface area contributed by atoms with Crippen LogP contribution >= 0.6 is 11.6 Å². The molecule has 2 nitrogen and oxygen atoms in total. The number of nitrogens with zero attached hydrogens (tertiary/aromatic N) is 1. The van der Waals surface area contributed by atoms with E-state index >= 15 is 0 Å². The number of hydrogen-bond donors (Lipinski definition) is 1. The van der Waals surface area contributed by atoms with Gasteiger partial charge in [0.2, 0.25) is 0 Å². The lowest BCUT2D eigenvalue weighted by Gasteiger charge is -1.94. The minimum Gasteiger partial charge on any atom is -0.399 e. The Morgan fingerprint density at radius 1 is 1.46 bits per heavy atom. The van der Waals surface area contributed by atoms with Crippen LogP contribution in [-0.2, 0) is 0 Å². The van der Waals surface area contributed by atoms with Crippen LogP contribution in [0.1, 0.15) is 25.8 Å². The van der Waals surface area contributed by atoms with Gasteiger partial charge in [-0.3, -0.25) is 0 Å². The van der Waals surface area contributed by atoms with Gasteiger partial charge in [-0.15, -0.1) is 0 Å². The lowest BCUT2D eigenvalue weighted by Crippen LogP contribution is -1.84. The molecule has 3 heteroatoms. The van der Waals surface area contributed by atoms with Crippen molar-refractivity contribution in [1.29, 1.82) is 5.26 Å². The Balaban J connectivity index is 0.000000424. The van der Waals surface area contributed by atoms with E-state index in [9.17, 15) is 0 Å². The number of halogens is 1. The first-order chi connectivity index (χ1) is 6.15. The molecule has 0 aliphatic carbocycles. The summed E-state index contributed by atoms with van der Waals surface area (Å²) in [6, 6.07) is 6.73. The van der Waals surface area contributed by atoms with E-state index in [0.29, 0.717) is 16.3 Å². The summed E-state index contributed by atoms with van der Waals surface area (Å²) in [6.45, 7) is 4.25. The van der Waals surface area contributed by atoms with Gasteiger partial charge in [0.25, 0.3) is 0 Å². The normalized spacial score (nSPS) is 8.15. The number of nitriles is 1. The lowest BCUT2D eigenvalue weighted by molar-refractivity contribution is 1.09. The standard InChI is InChI=1S/C7H5ClN2.C3H8/c8-7-3-6(10)2-1-5(7)4-9;1-3-2/h1-3H,10H2;3H2,1-2H3. The van der Waals surface area contributed by atoms with Gasteiger partial charge in [0.1, 0.15) is 6.07 Å². The zero-order valence-electron chi connectivity index (χ0n) is 7.84. The smallest absolute Gasteiger partial charge is 0.101 e. The summed E-state index contributed by atoms with van der Waals surface area (Å²) in [5, 5.41) is 8.84. The molecule has 0 heterocycles. The van der Waals surface area contributed by atoms with Crippen molar-refractivity contribution in [2.45, 2.75) is 20.3 Å². The van der Waals surface area contributed by atoms with E-state index in [1.165, 1.54) is 6.42 Å². The van der Waals surface area contributed by atoms with E-state index in [4.69, 9.17) is 22.6 Å². The number of benzene rings is 1. The molecule has 0 radical (unpaired) electrons. The first-order valence-electron chi connectivity index (χ1n) is 4.10. The van der Waals surface area contributed by atoms with Gasteiger partial charge < -0.3 is 5.73 Å². The predicted octanol–water partition coefficient (Wildman–Crippen LogP) is 3.21. The summed E-state index contributed by atoms with van der Waals surface area (Å²) in [5.74, 6) is 0. The first kappa shape index (κ1) is 11.8. The molecule has 1 aromatic rings. The van der Waals surface area contributed by atoms with Crippen LogP contribution in [0.25, 0.3) is 0 Å². The average Bonchev–Trinajstić information content (AvgIpc) is 2.06. The van der Waals surface area contributed by atoms with E-state index in [-0.39, 0.29) is 0 Å². The van der Waals surface area contributed by atoms with Gasteiger partial charge in [-0.1, -0.05) is 31.9 Å². The molecule has 0 fully saturated rings. The molecule has 0 saturated heterocycles. The third-order valence-electron chi connectivity index (χ3n) is 1.11. The van der Waals surface area contributed by atoms with Crippen molar-refractivity contribution < 1.29 is 0 Å². The summed E-state index contributed by atoms with van der Waals surface area (Å²) in [7, 11) is 0. The van der Waals surface area contributed by atoms with Crippen LogP contribution < -0.4 is 5.73 Å². The van der Waals surface area contributed by atoms with Crippen molar-refractivity contribution in [3.63, 3.8) is 0 Å². The van der Waals surface area contributed by atoms with Gasteiger partial charge >= 0.3 is 0 Å². The molecule has 0 aliphatic heterocycles. The van der Waals surface area contributed by atoms with Crippen molar-refractivity contribution in [3.8, 4) is 6.07 Å². The van der Waals surface area contributed by atoms with Crippen LogP contribution in [0, 0.1) is 11.3 Å². The number of anilines is 1. The molecule has 0 aliphatic rings. The first-order valence-corrected chi connectivity index (χ1v) is 4.48. The van der Waals surface area contributed by atoms with Gasteiger partial charge in [-0.2, -0.15) is 5.26 Å². The minimum absolute atomic E-state index is 0.405. The van der Waals surface area contributed by atoms with Gasteiger partial charge in [0.05, 0.1) is 10.6 Å². The summed E-state index contributed by atoms with van der Waals surface area (Å²) >= 11 is 5.63. The molecule has 0 amide bonds. The highest BCUT2D eigenvalue weighted by molar-refractivity contribution is 6.32. The van der Waals surface area contributed by atoms with Gasteiger partial charge in [0.15, 0.2) is 0 Å². The monoisotopic (exact) mass is 196 g/mol. The third-order valence-corrected chi connectivity index (χ3v) is 1.43. The zero-order valence-corrected chi connectivity index (χ0v) is 8.60. The second-order valence-corrected chi connectivity index (χ2v) is 2.97. The summed E-state index contributed by atoms with van der Waals surface area (Å²) in [6.07, 6.45) is 1.25. The molecule has 1 rings (SSSR count). The Hall–Kier alpha value is -1.20. The molecule has 2 N–H and O–H groups in total. The molecule has 0 aromatic heterocycles. The topological polar surface area (TPSA) is 49.8 Å². The molecule has 13 heavy (non-hydrogen) atoms. The van der Waals surface area contributed by atoms with E-state index in [1.54, 1.807) is 18.2 Å². The molecule has 0 bridgehead atoms. The van der Waals surface area contributed by atoms with E-state index in [2.05, 4.69) is 13.8 Å². The largest absolute Gasteiger partial charge is 0.399 e. The maximum Gasteiger partial charge on any atom is 0.101 e.